The predicted octanol–water partition coefficient (Wildman–Crippen LogP) is 4.19. The van der Waals surface area contributed by atoms with E-state index in [0.717, 1.165) is 37.7 Å². The van der Waals surface area contributed by atoms with Gasteiger partial charge < -0.3 is 4.90 Å². The van der Waals surface area contributed by atoms with Crippen molar-refractivity contribution in [2.45, 2.75) is 51.5 Å². The van der Waals surface area contributed by atoms with Gasteiger partial charge in [-0.05, 0) is 55.9 Å². The van der Waals surface area contributed by atoms with Crippen LogP contribution in [0.2, 0.25) is 0 Å². The molecule has 2 aromatic rings. The second-order valence-corrected chi connectivity index (χ2v) is 9.70. The number of carbonyl (C=O) groups excluding carboxylic acids is 4. The number of benzene rings is 2. The van der Waals surface area contributed by atoms with Gasteiger partial charge in [-0.15, -0.1) is 0 Å². The maximum absolute atomic E-state index is 13.8. The summed E-state index contributed by atoms with van der Waals surface area (Å²) in [6.07, 6.45) is 4.71. The normalized spacial score (nSPS) is 24.1. The third-order valence-electron chi connectivity index (χ3n) is 7.81. The molecule has 34 heavy (non-hydrogen) atoms. The minimum Gasteiger partial charge on any atom is -0.335 e. The van der Waals surface area contributed by atoms with E-state index >= 15 is 0 Å². The predicted molar refractivity (Wildman–Crippen MR) is 127 cm³/mol. The van der Waals surface area contributed by atoms with E-state index in [1.165, 1.54) is 10.5 Å². The van der Waals surface area contributed by atoms with Crippen LogP contribution >= 0.6 is 0 Å². The monoisotopic (exact) mass is 458 g/mol. The van der Waals surface area contributed by atoms with Crippen LogP contribution in [0.4, 0.5) is 0 Å². The molecular weight excluding hydrogens is 428 g/mol. The van der Waals surface area contributed by atoms with Gasteiger partial charge in [0.05, 0.1) is 17.2 Å². The van der Waals surface area contributed by atoms with E-state index in [2.05, 4.69) is 6.07 Å². The van der Waals surface area contributed by atoms with Gasteiger partial charge in [0, 0.05) is 24.9 Å². The molecule has 6 nitrogen and oxygen atoms in total. The van der Waals surface area contributed by atoms with Gasteiger partial charge in [-0.1, -0.05) is 49.2 Å². The van der Waals surface area contributed by atoms with Gasteiger partial charge in [0.25, 0.3) is 11.8 Å². The van der Waals surface area contributed by atoms with Gasteiger partial charge in [0.1, 0.15) is 5.78 Å². The van der Waals surface area contributed by atoms with Crippen LogP contribution in [-0.2, 0) is 16.0 Å². The summed E-state index contributed by atoms with van der Waals surface area (Å²) in [5, 5.41) is 0. The van der Waals surface area contributed by atoms with E-state index in [0.29, 0.717) is 24.1 Å². The van der Waals surface area contributed by atoms with Crippen molar-refractivity contribution in [3.8, 4) is 0 Å². The maximum Gasteiger partial charge on any atom is 0.261 e. The first-order chi connectivity index (χ1) is 16.5. The molecule has 1 fully saturated rings. The van der Waals surface area contributed by atoms with E-state index in [9.17, 15) is 19.2 Å². The molecule has 176 valence electrons. The number of ketones is 1. The second kappa shape index (κ2) is 9.16. The van der Waals surface area contributed by atoms with Crippen LogP contribution in [-0.4, -0.2) is 46.4 Å². The molecule has 5 rings (SSSR count). The maximum atomic E-state index is 13.8. The van der Waals surface area contributed by atoms with Crippen LogP contribution < -0.4 is 0 Å². The zero-order chi connectivity index (χ0) is 23.8. The van der Waals surface area contributed by atoms with Crippen molar-refractivity contribution < 1.29 is 19.2 Å². The van der Waals surface area contributed by atoms with E-state index in [4.69, 9.17) is 0 Å². The van der Waals surface area contributed by atoms with Gasteiger partial charge in [-0.25, -0.2) is 0 Å². The third-order valence-corrected chi connectivity index (χ3v) is 7.81. The molecule has 3 atom stereocenters. The lowest BCUT2D eigenvalue weighted by Crippen LogP contribution is -2.47. The molecule has 3 amide bonds. The smallest absolute Gasteiger partial charge is 0.261 e. The summed E-state index contributed by atoms with van der Waals surface area (Å²) in [7, 11) is 0. The molecule has 2 aromatic carbocycles. The lowest BCUT2D eigenvalue weighted by Gasteiger charge is -2.41. The molecule has 2 aliphatic heterocycles. The average Bonchev–Trinajstić information content (AvgIpc) is 3.11. The Balaban J connectivity index is 1.41. The molecule has 0 N–H and O–H groups in total. The summed E-state index contributed by atoms with van der Waals surface area (Å²) in [5.41, 5.74) is 3.16. The molecule has 0 radical (unpaired) electrons. The molecule has 0 spiro atoms. The molecular formula is C28H30N2O4. The molecule has 0 bridgehead atoms. The molecule has 0 unspecified atom stereocenters. The topological polar surface area (TPSA) is 74.8 Å². The molecule has 0 saturated heterocycles. The highest BCUT2D eigenvalue weighted by molar-refractivity contribution is 6.21. The largest absolute Gasteiger partial charge is 0.335 e. The van der Waals surface area contributed by atoms with Crippen LogP contribution in [0.5, 0.6) is 0 Å². The first kappa shape index (κ1) is 22.5. The highest BCUT2D eigenvalue weighted by Crippen LogP contribution is 2.38. The number of hydrogen-bond donors (Lipinski definition) is 0. The van der Waals surface area contributed by atoms with Crippen molar-refractivity contribution >= 4 is 23.5 Å². The Labute approximate surface area is 199 Å². The van der Waals surface area contributed by atoms with Crippen molar-refractivity contribution in [3.05, 3.63) is 70.8 Å². The number of Topliss-reactive ketones (excluding diaryl/α,β-unsaturated/α-hetero) is 1. The Morgan fingerprint density at radius 2 is 1.50 bits per heavy atom. The van der Waals surface area contributed by atoms with Crippen LogP contribution in [0.3, 0.4) is 0 Å². The van der Waals surface area contributed by atoms with Crippen molar-refractivity contribution in [2.24, 2.45) is 11.8 Å². The van der Waals surface area contributed by atoms with Crippen LogP contribution in [0.25, 0.3) is 0 Å². The zero-order valence-electron chi connectivity index (χ0n) is 19.5. The molecule has 3 aliphatic rings. The number of fused-ring (bicyclic) bond motifs is 2. The second-order valence-electron chi connectivity index (χ2n) is 9.70. The Bertz CT molecular complexity index is 1120. The van der Waals surface area contributed by atoms with Crippen molar-refractivity contribution in [3.63, 3.8) is 0 Å². The Morgan fingerprint density at radius 1 is 0.882 bits per heavy atom. The van der Waals surface area contributed by atoms with Crippen molar-refractivity contribution in [2.75, 3.05) is 13.1 Å². The number of rotatable bonds is 5. The van der Waals surface area contributed by atoms with Crippen LogP contribution in [0.15, 0.2) is 48.5 Å². The Morgan fingerprint density at radius 3 is 2.18 bits per heavy atom. The van der Waals surface area contributed by atoms with E-state index in [1.54, 1.807) is 31.2 Å². The van der Waals surface area contributed by atoms with Crippen molar-refractivity contribution in [1.29, 1.82) is 0 Å². The summed E-state index contributed by atoms with van der Waals surface area (Å²) < 4.78 is 0. The molecule has 1 saturated carbocycles. The highest BCUT2D eigenvalue weighted by atomic mass is 16.2. The minimum atomic E-state index is -0.279. The summed E-state index contributed by atoms with van der Waals surface area (Å²) >= 11 is 0. The van der Waals surface area contributed by atoms with Gasteiger partial charge in [-0.2, -0.15) is 0 Å². The molecule has 2 heterocycles. The SMILES string of the molecule is CC(=O)[C@H]1CCCC[C@H]1C(=O)N1CCc2ccccc2[C@@H]1CCN1C(=O)c2ccccc2C1=O. The van der Waals surface area contributed by atoms with Gasteiger partial charge in [-0.3, -0.25) is 24.1 Å². The first-order valence-electron chi connectivity index (χ1n) is 12.3. The zero-order valence-corrected chi connectivity index (χ0v) is 19.5. The fourth-order valence-electron chi connectivity index (χ4n) is 6.05. The van der Waals surface area contributed by atoms with Gasteiger partial charge >= 0.3 is 0 Å². The fraction of sp³-hybridized carbons (Fsp3) is 0.429. The summed E-state index contributed by atoms with van der Waals surface area (Å²) in [4.78, 5) is 55.1. The van der Waals surface area contributed by atoms with E-state index < -0.39 is 0 Å². The number of nitrogens with zero attached hydrogens (tertiary/aromatic N) is 2. The fourth-order valence-corrected chi connectivity index (χ4v) is 6.05. The van der Waals surface area contributed by atoms with E-state index in [1.807, 2.05) is 23.1 Å². The van der Waals surface area contributed by atoms with Crippen LogP contribution in [0.1, 0.15) is 76.9 Å². The standard InChI is InChI=1S/C28H30N2O4/c1-18(31)20-9-4-5-11-22(20)26(32)29-16-14-19-8-2-3-10-21(19)25(29)15-17-30-27(33)23-12-6-7-13-24(23)28(30)34/h2-3,6-8,10,12-13,20,22,25H,4-5,9,11,14-17H2,1H3/t20-,22-,25+/m1/s1. The highest BCUT2D eigenvalue weighted by Gasteiger charge is 2.41. The van der Waals surface area contributed by atoms with Gasteiger partial charge in [0.15, 0.2) is 0 Å². The summed E-state index contributed by atoms with van der Waals surface area (Å²) in [5.74, 6) is -0.897. The van der Waals surface area contributed by atoms with Crippen LogP contribution in [0, 0.1) is 11.8 Å². The third kappa shape index (κ3) is 3.85. The summed E-state index contributed by atoms with van der Waals surface area (Å²) in [6.45, 7) is 2.43. The molecule has 0 aromatic heterocycles. The number of imide groups is 1. The minimum absolute atomic E-state index is 0.0433. The average molecular weight is 459 g/mol. The summed E-state index contributed by atoms with van der Waals surface area (Å²) in [6, 6.07) is 14.8. The quantitative estimate of drug-likeness (QED) is 0.630. The molecule has 1 aliphatic carbocycles. The lowest BCUT2D eigenvalue weighted by molar-refractivity contribution is -0.145. The lowest BCUT2D eigenvalue weighted by atomic mass is 9.76. The Kier molecular flexibility index (Phi) is 6.07. The first-order valence-corrected chi connectivity index (χ1v) is 12.3. The Hall–Kier alpha value is -3.28. The number of amides is 3. The number of hydrogen-bond acceptors (Lipinski definition) is 4. The van der Waals surface area contributed by atoms with E-state index in [-0.39, 0.29) is 47.9 Å². The number of carbonyl (C=O) groups is 4. The van der Waals surface area contributed by atoms with Gasteiger partial charge in [0.2, 0.25) is 5.91 Å². The van der Waals surface area contributed by atoms with Crippen molar-refractivity contribution in [1.82, 2.24) is 9.80 Å². The molecule has 6 heteroatoms.